The molecule has 1 aliphatic carbocycles. The Balaban J connectivity index is 2.24. The normalized spacial score (nSPS) is 18.6. The van der Waals surface area contributed by atoms with Crippen LogP contribution in [-0.2, 0) is 9.53 Å². The number of carbonyl (C=O) groups is 1. The average Bonchev–Trinajstić information content (AvgIpc) is 2.74. The highest BCUT2D eigenvalue weighted by atomic mass is 16.5. The Kier molecular flexibility index (Phi) is 6.67. The number of allylic oxidation sites excluding steroid dienone is 2. The third-order valence-corrected chi connectivity index (χ3v) is 6.47. The molecular weight excluding hydrogens is 392 g/mol. The molecule has 0 aromatic heterocycles. The van der Waals surface area contributed by atoms with Gasteiger partial charge in [-0.15, -0.1) is 0 Å². The van der Waals surface area contributed by atoms with Crippen LogP contribution in [0.4, 0.5) is 0 Å². The number of hydrogen-bond acceptors (Lipinski definition) is 2. The van der Waals surface area contributed by atoms with Crippen molar-refractivity contribution >= 4 is 5.78 Å². The van der Waals surface area contributed by atoms with Crippen molar-refractivity contribution < 1.29 is 9.53 Å². The third kappa shape index (κ3) is 4.96. The number of benzene rings is 2. The highest BCUT2D eigenvalue weighted by molar-refractivity contribution is 6.11. The van der Waals surface area contributed by atoms with Crippen molar-refractivity contribution in [2.45, 2.75) is 73.0 Å². The van der Waals surface area contributed by atoms with Crippen molar-refractivity contribution in [3.63, 3.8) is 0 Å². The van der Waals surface area contributed by atoms with E-state index in [1.165, 1.54) is 5.56 Å². The van der Waals surface area contributed by atoms with E-state index in [4.69, 9.17) is 4.74 Å². The molecule has 2 aromatic rings. The van der Waals surface area contributed by atoms with Crippen LogP contribution in [0.25, 0.3) is 0 Å². The van der Waals surface area contributed by atoms with Crippen LogP contribution in [-0.4, -0.2) is 11.4 Å². The SMILES string of the molecule is CC(OC1(C(C)c2ccccc2)C=C(C(C)(C)C)C(=O)C(C(C)(C)C)=C1)c1ccccc1. The molecule has 0 saturated heterocycles. The van der Waals surface area contributed by atoms with Crippen LogP contribution in [0.1, 0.15) is 78.5 Å². The van der Waals surface area contributed by atoms with Gasteiger partial charge in [0.2, 0.25) is 0 Å². The maximum atomic E-state index is 13.6. The van der Waals surface area contributed by atoms with Gasteiger partial charge in [0.1, 0.15) is 5.60 Å². The number of rotatable bonds is 5. The van der Waals surface area contributed by atoms with E-state index >= 15 is 0 Å². The molecule has 0 bridgehead atoms. The van der Waals surface area contributed by atoms with Crippen molar-refractivity contribution in [1.29, 1.82) is 0 Å². The Hall–Kier alpha value is -2.45. The van der Waals surface area contributed by atoms with E-state index in [9.17, 15) is 4.79 Å². The van der Waals surface area contributed by atoms with Crippen LogP contribution < -0.4 is 0 Å². The fourth-order valence-electron chi connectivity index (χ4n) is 4.40. The van der Waals surface area contributed by atoms with E-state index in [2.05, 4.69) is 104 Å². The minimum atomic E-state index is -0.740. The first-order chi connectivity index (χ1) is 14.8. The van der Waals surface area contributed by atoms with E-state index in [-0.39, 0.29) is 28.6 Å². The fraction of sp³-hybridized carbons (Fsp3) is 0.433. The largest absolute Gasteiger partial charge is 0.358 e. The van der Waals surface area contributed by atoms with E-state index < -0.39 is 5.60 Å². The van der Waals surface area contributed by atoms with Crippen molar-refractivity contribution in [3.8, 4) is 0 Å². The van der Waals surface area contributed by atoms with Gasteiger partial charge in [-0.25, -0.2) is 0 Å². The molecule has 1 aliphatic rings. The molecule has 170 valence electrons. The molecule has 3 rings (SSSR count). The topological polar surface area (TPSA) is 26.3 Å². The molecule has 2 unspecified atom stereocenters. The monoisotopic (exact) mass is 430 g/mol. The zero-order valence-electron chi connectivity index (χ0n) is 20.9. The molecule has 0 fully saturated rings. The second kappa shape index (κ2) is 8.83. The van der Waals surface area contributed by atoms with Crippen molar-refractivity contribution in [1.82, 2.24) is 0 Å². The molecule has 2 atom stereocenters. The van der Waals surface area contributed by atoms with Crippen molar-refractivity contribution in [2.24, 2.45) is 10.8 Å². The van der Waals surface area contributed by atoms with Gasteiger partial charge in [0.25, 0.3) is 0 Å². The smallest absolute Gasteiger partial charge is 0.185 e. The maximum Gasteiger partial charge on any atom is 0.185 e. The zero-order valence-corrected chi connectivity index (χ0v) is 20.9. The summed E-state index contributed by atoms with van der Waals surface area (Å²) >= 11 is 0. The van der Waals surface area contributed by atoms with E-state index in [1.807, 2.05) is 24.3 Å². The van der Waals surface area contributed by atoms with Gasteiger partial charge in [-0.05, 0) is 41.0 Å². The Morgan fingerprint density at radius 1 is 0.688 bits per heavy atom. The van der Waals surface area contributed by atoms with Crippen LogP contribution in [0.3, 0.4) is 0 Å². The molecular formula is C30H38O2. The third-order valence-electron chi connectivity index (χ3n) is 6.47. The van der Waals surface area contributed by atoms with Crippen molar-refractivity contribution in [3.05, 3.63) is 95.1 Å². The summed E-state index contributed by atoms with van der Waals surface area (Å²) in [5.41, 5.74) is 2.65. The van der Waals surface area contributed by atoms with Gasteiger partial charge in [-0.3, -0.25) is 4.79 Å². The van der Waals surface area contributed by atoms with Gasteiger partial charge in [0.05, 0.1) is 6.10 Å². The summed E-state index contributed by atoms with van der Waals surface area (Å²) in [4.78, 5) is 13.6. The molecule has 0 radical (unpaired) electrons. The van der Waals surface area contributed by atoms with Crippen molar-refractivity contribution in [2.75, 3.05) is 0 Å². The first kappa shape index (κ1) is 24.2. The number of ether oxygens (including phenoxy) is 1. The molecule has 32 heavy (non-hydrogen) atoms. The molecule has 2 nitrogen and oxygen atoms in total. The summed E-state index contributed by atoms with van der Waals surface area (Å²) in [6.45, 7) is 17.0. The summed E-state index contributed by atoms with van der Waals surface area (Å²) in [5, 5.41) is 0. The Labute approximate surface area is 194 Å². The Bertz CT molecular complexity index is 964. The van der Waals surface area contributed by atoms with Crippen LogP contribution in [0, 0.1) is 10.8 Å². The predicted molar refractivity (Wildman–Crippen MR) is 134 cm³/mol. The van der Waals surface area contributed by atoms with Gasteiger partial charge in [0.15, 0.2) is 5.78 Å². The molecule has 0 saturated carbocycles. The summed E-state index contributed by atoms with van der Waals surface area (Å²) < 4.78 is 6.98. The molecule has 2 heteroatoms. The lowest BCUT2D eigenvalue weighted by Gasteiger charge is -2.43. The molecule has 0 heterocycles. The molecule has 0 N–H and O–H groups in total. The summed E-state index contributed by atoms with van der Waals surface area (Å²) in [5.74, 6) is 0.162. The van der Waals surface area contributed by atoms with Gasteiger partial charge in [0, 0.05) is 17.1 Å². The highest BCUT2D eigenvalue weighted by Gasteiger charge is 2.45. The minimum absolute atomic E-state index is 0.0256. The van der Waals surface area contributed by atoms with Gasteiger partial charge in [-0.1, -0.05) is 109 Å². The second-order valence-corrected chi connectivity index (χ2v) is 11.1. The summed E-state index contributed by atoms with van der Waals surface area (Å²) in [7, 11) is 0. The Morgan fingerprint density at radius 3 is 1.50 bits per heavy atom. The molecule has 0 spiro atoms. The summed E-state index contributed by atoms with van der Waals surface area (Å²) in [6.07, 6.45) is 4.09. The molecule has 0 amide bonds. The standard InChI is InChI=1S/C30H38O2/c1-21(23-15-11-9-12-16-23)30(32-22(2)24-17-13-10-14-18-24)19-25(28(3,4)5)27(31)26(20-30)29(6,7)8/h9-22H,1-8H3. The van der Waals surface area contributed by atoms with E-state index in [0.29, 0.717) is 0 Å². The lowest BCUT2D eigenvalue weighted by atomic mass is 9.66. The van der Waals surface area contributed by atoms with Gasteiger partial charge >= 0.3 is 0 Å². The van der Waals surface area contributed by atoms with E-state index in [1.54, 1.807) is 0 Å². The first-order valence-corrected chi connectivity index (χ1v) is 11.6. The lowest BCUT2D eigenvalue weighted by Crippen LogP contribution is -2.42. The average molecular weight is 431 g/mol. The van der Waals surface area contributed by atoms with Crippen LogP contribution in [0.5, 0.6) is 0 Å². The number of carbonyl (C=O) groups excluding carboxylic acids is 1. The van der Waals surface area contributed by atoms with E-state index in [0.717, 1.165) is 16.7 Å². The van der Waals surface area contributed by atoms with Crippen LogP contribution in [0.15, 0.2) is 84.0 Å². The summed E-state index contributed by atoms with van der Waals surface area (Å²) in [6, 6.07) is 20.8. The van der Waals surface area contributed by atoms with Gasteiger partial charge < -0.3 is 4.74 Å². The zero-order chi connectivity index (χ0) is 23.7. The van der Waals surface area contributed by atoms with Gasteiger partial charge in [-0.2, -0.15) is 0 Å². The quantitative estimate of drug-likeness (QED) is 0.483. The second-order valence-electron chi connectivity index (χ2n) is 11.1. The predicted octanol–water partition coefficient (Wildman–Crippen LogP) is 7.83. The fourth-order valence-corrected chi connectivity index (χ4v) is 4.40. The highest BCUT2D eigenvalue weighted by Crippen LogP contribution is 2.47. The number of Topliss-reactive ketones (excluding diaryl/α,β-unsaturated/α-hetero) is 1. The van der Waals surface area contributed by atoms with Crippen LogP contribution >= 0.6 is 0 Å². The Morgan fingerprint density at radius 2 is 1.09 bits per heavy atom. The lowest BCUT2D eigenvalue weighted by molar-refractivity contribution is -0.115. The first-order valence-electron chi connectivity index (χ1n) is 11.6. The maximum absolute atomic E-state index is 13.6. The molecule has 0 aliphatic heterocycles. The number of hydrogen-bond donors (Lipinski definition) is 0. The molecule has 2 aromatic carbocycles. The number of ketones is 1. The van der Waals surface area contributed by atoms with Crippen LogP contribution in [0.2, 0.25) is 0 Å². The minimum Gasteiger partial charge on any atom is -0.358 e.